The van der Waals surface area contributed by atoms with E-state index in [1.165, 1.54) is 0 Å². The number of rotatable bonds is 4. The van der Waals surface area contributed by atoms with Crippen molar-refractivity contribution >= 4 is 17.5 Å². The number of nitrogens with zero attached hydrogens (tertiary/aromatic N) is 1. The van der Waals surface area contributed by atoms with Gasteiger partial charge in [-0.2, -0.15) is 0 Å². The predicted octanol–water partition coefficient (Wildman–Crippen LogP) is 2.72. The fourth-order valence-corrected chi connectivity index (χ4v) is 2.77. The number of halogens is 1. The standard InChI is InChI=1S/C15H20ClNO2/c1-19-14-5-3-2-4-13(14)10-15(18)17-8-6-12(11-16)7-9-17/h2-5,12H,6-11H2,1H3. The smallest absolute Gasteiger partial charge is 0.227 e. The summed E-state index contributed by atoms with van der Waals surface area (Å²) in [6.07, 6.45) is 2.44. The van der Waals surface area contributed by atoms with E-state index < -0.39 is 0 Å². The molecule has 1 fully saturated rings. The summed E-state index contributed by atoms with van der Waals surface area (Å²) < 4.78 is 5.28. The third-order valence-electron chi connectivity index (χ3n) is 3.72. The van der Waals surface area contributed by atoms with Crippen LogP contribution in [0.4, 0.5) is 0 Å². The van der Waals surface area contributed by atoms with E-state index in [1.807, 2.05) is 29.2 Å². The molecule has 0 bridgehead atoms. The van der Waals surface area contributed by atoms with Crippen LogP contribution in [-0.2, 0) is 11.2 Å². The summed E-state index contributed by atoms with van der Waals surface area (Å²) in [5.74, 6) is 2.23. The Kier molecular flexibility index (Phi) is 5.08. The molecule has 0 N–H and O–H groups in total. The van der Waals surface area contributed by atoms with Gasteiger partial charge in [0.05, 0.1) is 13.5 Å². The first-order valence-electron chi connectivity index (χ1n) is 6.70. The first-order valence-corrected chi connectivity index (χ1v) is 7.23. The van der Waals surface area contributed by atoms with Crippen molar-refractivity contribution < 1.29 is 9.53 Å². The molecule has 1 aromatic carbocycles. The number of para-hydroxylation sites is 1. The third-order valence-corrected chi connectivity index (χ3v) is 4.16. The lowest BCUT2D eigenvalue weighted by atomic mass is 9.98. The second kappa shape index (κ2) is 6.80. The van der Waals surface area contributed by atoms with Crippen LogP contribution in [0.3, 0.4) is 0 Å². The van der Waals surface area contributed by atoms with Crippen molar-refractivity contribution in [2.24, 2.45) is 5.92 Å². The molecule has 19 heavy (non-hydrogen) atoms. The average molecular weight is 282 g/mol. The lowest BCUT2D eigenvalue weighted by Gasteiger charge is -2.31. The predicted molar refractivity (Wildman–Crippen MR) is 76.7 cm³/mol. The molecule has 1 amide bonds. The Labute approximate surface area is 119 Å². The second-order valence-electron chi connectivity index (χ2n) is 4.97. The molecule has 104 valence electrons. The fourth-order valence-electron chi connectivity index (χ4n) is 2.46. The number of methoxy groups -OCH3 is 1. The monoisotopic (exact) mass is 281 g/mol. The Morgan fingerprint density at radius 1 is 1.37 bits per heavy atom. The van der Waals surface area contributed by atoms with Gasteiger partial charge in [0.15, 0.2) is 0 Å². The molecule has 1 aliphatic heterocycles. The maximum atomic E-state index is 12.3. The van der Waals surface area contributed by atoms with Gasteiger partial charge in [-0.15, -0.1) is 11.6 Å². The number of alkyl halides is 1. The minimum Gasteiger partial charge on any atom is -0.496 e. The van der Waals surface area contributed by atoms with Gasteiger partial charge in [-0.1, -0.05) is 18.2 Å². The van der Waals surface area contributed by atoms with E-state index in [4.69, 9.17) is 16.3 Å². The van der Waals surface area contributed by atoms with Crippen LogP contribution < -0.4 is 4.74 Å². The van der Waals surface area contributed by atoms with E-state index in [0.29, 0.717) is 18.2 Å². The minimum absolute atomic E-state index is 0.178. The molecule has 3 nitrogen and oxygen atoms in total. The van der Waals surface area contributed by atoms with E-state index in [-0.39, 0.29) is 5.91 Å². The number of likely N-dealkylation sites (tertiary alicyclic amines) is 1. The first kappa shape index (κ1) is 14.2. The van der Waals surface area contributed by atoms with Gasteiger partial charge in [0.25, 0.3) is 0 Å². The molecule has 0 unspecified atom stereocenters. The van der Waals surface area contributed by atoms with Crippen molar-refractivity contribution in [3.63, 3.8) is 0 Å². The lowest BCUT2D eigenvalue weighted by Crippen LogP contribution is -2.39. The SMILES string of the molecule is COc1ccccc1CC(=O)N1CCC(CCl)CC1. The van der Waals surface area contributed by atoms with Crippen LogP contribution in [0.15, 0.2) is 24.3 Å². The van der Waals surface area contributed by atoms with Crippen molar-refractivity contribution in [1.82, 2.24) is 4.90 Å². The summed E-state index contributed by atoms with van der Waals surface area (Å²) in [4.78, 5) is 14.2. The van der Waals surface area contributed by atoms with Crippen LogP contribution in [0.1, 0.15) is 18.4 Å². The van der Waals surface area contributed by atoms with Crippen LogP contribution in [0.25, 0.3) is 0 Å². The molecule has 0 radical (unpaired) electrons. The molecule has 4 heteroatoms. The molecule has 1 aromatic rings. The molecule has 2 rings (SSSR count). The van der Waals surface area contributed by atoms with Gasteiger partial charge in [-0.3, -0.25) is 4.79 Å². The summed E-state index contributed by atoms with van der Waals surface area (Å²) in [5.41, 5.74) is 0.953. The fraction of sp³-hybridized carbons (Fsp3) is 0.533. The second-order valence-corrected chi connectivity index (χ2v) is 5.28. The van der Waals surface area contributed by atoms with E-state index in [0.717, 1.165) is 37.2 Å². The number of piperidine rings is 1. The van der Waals surface area contributed by atoms with Crippen molar-refractivity contribution in [1.29, 1.82) is 0 Å². The Balaban J connectivity index is 1.94. The Morgan fingerprint density at radius 2 is 2.05 bits per heavy atom. The summed E-state index contributed by atoms with van der Waals surface area (Å²) in [6.45, 7) is 1.65. The highest BCUT2D eigenvalue weighted by atomic mass is 35.5. The molecule has 1 heterocycles. The Hall–Kier alpha value is -1.22. The van der Waals surface area contributed by atoms with E-state index >= 15 is 0 Å². The lowest BCUT2D eigenvalue weighted by molar-refractivity contribution is -0.131. The van der Waals surface area contributed by atoms with Crippen molar-refractivity contribution in [3.8, 4) is 5.75 Å². The van der Waals surface area contributed by atoms with Gasteiger partial charge in [0.2, 0.25) is 5.91 Å². The van der Waals surface area contributed by atoms with Gasteiger partial charge in [-0.05, 0) is 24.8 Å². The molecular formula is C15H20ClNO2. The molecule has 0 aromatic heterocycles. The van der Waals surface area contributed by atoms with Crippen LogP contribution >= 0.6 is 11.6 Å². The third kappa shape index (κ3) is 3.63. The highest BCUT2D eigenvalue weighted by Crippen LogP contribution is 2.22. The number of carbonyl (C=O) groups excluding carboxylic acids is 1. The number of benzene rings is 1. The Morgan fingerprint density at radius 3 is 2.68 bits per heavy atom. The zero-order chi connectivity index (χ0) is 13.7. The van der Waals surface area contributed by atoms with Gasteiger partial charge in [0, 0.05) is 24.5 Å². The largest absolute Gasteiger partial charge is 0.496 e. The van der Waals surface area contributed by atoms with E-state index in [2.05, 4.69) is 0 Å². The quantitative estimate of drug-likeness (QED) is 0.794. The summed E-state index contributed by atoms with van der Waals surface area (Å²) in [7, 11) is 1.63. The van der Waals surface area contributed by atoms with Crippen molar-refractivity contribution in [2.75, 3.05) is 26.1 Å². The highest BCUT2D eigenvalue weighted by Gasteiger charge is 2.22. The molecule has 1 aliphatic rings. The zero-order valence-electron chi connectivity index (χ0n) is 11.3. The number of carbonyl (C=O) groups is 1. The molecule has 0 saturated carbocycles. The molecular weight excluding hydrogens is 262 g/mol. The maximum absolute atomic E-state index is 12.3. The van der Waals surface area contributed by atoms with Crippen LogP contribution in [-0.4, -0.2) is 36.9 Å². The molecule has 1 saturated heterocycles. The normalized spacial score (nSPS) is 16.4. The topological polar surface area (TPSA) is 29.5 Å². The van der Waals surface area contributed by atoms with Gasteiger partial charge in [-0.25, -0.2) is 0 Å². The van der Waals surface area contributed by atoms with Crippen LogP contribution in [0.2, 0.25) is 0 Å². The van der Waals surface area contributed by atoms with E-state index in [9.17, 15) is 4.79 Å². The molecule has 0 spiro atoms. The van der Waals surface area contributed by atoms with E-state index in [1.54, 1.807) is 7.11 Å². The number of hydrogen-bond acceptors (Lipinski definition) is 2. The molecule has 0 atom stereocenters. The first-order chi connectivity index (χ1) is 9.24. The van der Waals surface area contributed by atoms with Gasteiger partial charge >= 0.3 is 0 Å². The van der Waals surface area contributed by atoms with Gasteiger partial charge in [0.1, 0.15) is 5.75 Å². The maximum Gasteiger partial charge on any atom is 0.227 e. The minimum atomic E-state index is 0.178. The number of ether oxygens (including phenoxy) is 1. The van der Waals surface area contributed by atoms with Crippen LogP contribution in [0.5, 0.6) is 5.75 Å². The van der Waals surface area contributed by atoms with Crippen molar-refractivity contribution in [3.05, 3.63) is 29.8 Å². The summed E-state index contributed by atoms with van der Waals surface area (Å²) in [5, 5.41) is 0. The Bertz CT molecular complexity index is 428. The number of amides is 1. The highest BCUT2D eigenvalue weighted by molar-refractivity contribution is 6.18. The average Bonchev–Trinajstić information content (AvgIpc) is 2.48. The van der Waals surface area contributed by atoms with Crippen molar-refractivity contribution in [2.45, 2.75) is 19.3 Å². The molecule has 0 aliphatic carbocycles. The summed E-state index contributed by atoms with van der Waals surface area (Å²) >= 11 is 5.86. The summed E-state index contributed by atoms with van der Waals surface area (Å²) in [6, 6.07) is 7.69. The zero-order valence-corrected chi connectivity index (χ0v) is 12.0. The van der Waals surface area contributed by atoms with Gasteiger partial charge < -0.3 is 9.64 Å². The number of hydrogen-bond donors (Lipinski definition) is 0. The van der Waals surface area contributed by atoms with Crippen LogP contribution in [0, 0.1) is 5.92 Å².